The summed E-state index contributed by atoms with van der Waals surface area (Å²) in [5.41, 5.74) is 4.41. The number of hydrogen-bond acceptors (Lipinski definition) is 5. The minimum Gasteiger partial charge on any atom is -0.487 e. The van der Waals surface area contributed by atoms with Gasteiger partial charge in [0.1, 0.15) is 18.2 Å². The topological polar surface area (TPSA) is 79.9 Å². The summed E-state index contributed by atoms with van der Waals surface area (Å²) < 4.78 is 5.80. The number of aryl methyl sites for hydroxylation is 1. The molecule has 34 heavy (non-hydrogen) atoms. The van der Waals surface area contributed by atoms with E-state index in [4.69, 9.17) is 9.72 Å². The van der Waals surface area contributed by atoms with Crippen LogP contribution in [-0.4, -0.2) is 20.9 Å². The van der Waals surface area contributed by atoms with Crippen LogP contribution in [0.5, 0.6) is 5.75 Å². The molecule has 2 aromatic heterocycles. The maximum atomic E-state index is 13.1. The summed E-state index contributed by atoms with van der Waals surface area (Å²) in [6.45, 7) is 2.37. The summed E-state index contributed by atoms with van der Waals surface area (Å²) in [6, 6.07) is 24.8. The van der Waals surface area contributed by atoms with E-state index >= 15 is 0 Å². The van der Waals surface area contributed by atoms with Crippen LogP contribution in [0, 0.1) is 6.92 Å². The number of nitrogens with zero attached hydrogens (tertiary/aromatic N) is 2. The third-order valence-corrected chi connectivity index (χ3v) is 6.32. The van der Waals surface area contributed by atoms with E-state index in [9.17, 15) is 4.79 Å². The fraction of sp³-hybridized carbons (Fsp3) is 0.148. The van der Waals surface area contributed by atoms with Gasteiger partial charge in [-0.1, -0.05) is 42.5 Å². The summed E-state index contributed by atoms with van der Waals surface area (Å²) >= 11 is 1.60. The lowest BCUT2D eigenvalue weighted by atomic mass is 10.0. The molecule has 0 radical (unpaired) electrons. The van der Waals surface area contributed by atoms with Crippen LogP contribution in [0.25, 0.3) is 11.0 Å². The number of thiazole rings is 1. The Morgan fingerprint density at radius 2 is 1.76 bits per heavy atom. The average Bonchev–Trinajstić information content (AvgIpc) is 3.49. The predicted octanol–water partition coefficient (Wildman–Crippen LogP) is 5.62. The Morgan fingerprint density at radius 1 is 1.00 bits per heavy atom. The van der Waals surface area contributed by atoms with Crippen LogP contribution in [0.1, 0.15) is 38.5 Å². The maximum Gasteiger partial charge on any atom is 0.251 e. The van der Waals surface area contributed by atoms with E-state index in [0.717, 1.165) is 33.1 Å². The molecule has 7 heteroatoms. The third kappa shape index (κ3) is 5.15. The Morgan fingerprint density at radius 3 is 2.50 bits per heavy atom. The molecular formula is C27H24N4O2S. The molecule has 2 N–H and O–H groups in total. The molecule has 0 aliphatic rings. The van der Waals surface area contributed by atoms with Crippen molar-refractivity contribution in [2.45, 2.75) is 26.0 Å². The van der Waals surface area contributed by atoms with Gasteiger partial charge in [0.15, 0.2) is 0 Å². The first-order valence-electron chi connectivity index (χ1n) is 11.1. The molecule has 6 nitrogen and oxygen atoms in total. The number of H-pyrrole nitrogens is 1. The number of para-hydroxylation sites is 2. The number of ether oxygens (including phenoxy) is 1. The van der Waals surface area contributed by atoms with Crippen molar-refractivity contribution in [3.05, 3.63) is 112 Å². The molecule has 1 atom stereocenters. The zero-order chi connectivity index (χ0) is 23.3. The second-order valence-corrected chi connectivity index (χ2v) is 9.09. The van der Waals surface area contributed by atoms with Gasteiger partial charge in [-0.2, -0.15) is 0 Å². The van der Waals surface area contributed by atoms with Crippen LogP contribution in [0.2, 0.25) is 0 Å². The molecule has 1 amide bonds. The van der Waals surface area contributed by atoms with Crippen molar-refractivity contribution in [3.63, 3.8) is 0 Å². The number of imidazole rings is 1. The predicted molar refractivity (Wildman–Crippen MR) is 134 cm³/mol. The van der Waals surface area contributed by atoms with Gasteiger partial charge >= 0.3 is 0 Å². The molecule has 0 aliphatic heterocycles. The van der Waals surface area contributed by atoms with Gasteiger partial charge in [0.2, 0.25) is 0 Å². The number of carbonyl (C=O) groups excluding carboxylic acids is 1. The molecule has 1 unspecified atom stereocenters. The van der Waals surface area contributed by atoms with Crippen molar-refractivity contribution in [2.75, 3.05) is 0 Å². The van der Waals surface area contributed by atoms with Crippen molar-refractivity contribution in [2.24, 2.45) is 0 Å². The van der Waals surface area contributed by atoms with Crippen molar-refractivity contribution >= 4 is 28.3 Å². The Labute approximate surface area is 201 Å². The molecule has 0 bridgehead atoms. The molecule has 0 fully saturated rings. The number of amides is 1. The van der Waals surface area contributed by atoms with Crippen molar-refractivity contribution < 1.29 is 9.53 Å². The summed E-state index contributed by atoms with van der Waals surface area (Å²) in [6.07, 6.45) is 0.626. The van der Waals surface area contributed by atoms with Crippen molar-refractivity contribution in [1.82, 2.24) is 20.3 Å². The van der Waals surface area contributed by atoms with Crippen LogP contribution >= 0.6 is 11.3 Å². The number of nitrogens with one attached hydrogen (secondary N) is 2. The van der Waals surface area contributed by atoms with E-state index in [1.165, 1.54) is 0 Å². The van der Waals surface area contributed by atoms with E-state index in [1.54, 1.807) is 23.5 Å². The first-order valence-corrected chi connectivity index (χ1v) is 12.0. The van der Waals surface area contributed by atoms with E-state index in [0.29, 0.717) is 24.3 Å². The number of aromatic nitrogens is 3. The molecule has 3 aromatic carbocycles. The zero-order valence-corrected chi connectivity index (χ0v) is 19.5. The Kier molecular flexibility index (Phi) is 6.35. The second-order valence-electron chi connectivity index (χ2n) is 8.03. The first kappa shape index (κ1) is 21.9. The minimum atomic E-state index is -0.300. The van der Waals surface area contributed by atoms with Crippen molar-refractivity contribution in [1.29, 1.82) is 0 Å². The van der Waals surface area contributed by atoms with Gasteiger partial charge in [-0.15, -0.1) is 11.3 Å². The highest BCUT2D eigenvalue weighted by atomic mass is 32.1. The highest BCUT2D eigenvalue weighted by molar-refractivity contribution is 7.09. The third-order valence-electron chi connectivity index (χ3n) is 5.50. The van der Waals surface area contributed by atoms with E-state index < -0.39 is 0 Å². The monoisotopic (exact) mass is 468 g/mol. The highest BCUT2D eigenvalue weighted by Gasteiger charge is 2.20. The molecule has 170 valence electrons. The van der Waals surface area contributed by atoms with Gasteiger partial charge in [-0.05, 0) is 55.3 Å². The quantitative estimate of drug-likeness (QED) is 0.310. The van der Waals surface area contributed by atoms with E-state index in [-0.39, 0.29) is 11.9 Å². The molecule has 0 saturated heterocycles. The van der Waals surface area contributed by atoms with Crippen LogP contribution in [0.4, 0.5) is 0 Å². The molecule has 2 heterocycles. The largest absolute Gasteiger partial charge is 0.487 e. The highest BCUT2D eigenvalue weighted by Crippen LogP contribution is 2.21. The number of aromatic amines is 1. The SMILES string of the molecule is Cc1nc(COc2ccc(C(=O)NC(Cc3ccccc3)c3nc4ccccc4[nH]3)cc2)cs1. The summed E-state index contributed by atoms with van der Waals surface area (Å²) in [5.74, 6) is 1.26. The van der Waals surface area contributed by atoms with Gasteiger partial charge in [-0.3, -0.25) is 4.79 Å². The number of hydrogen-bond donors (Lipinski definition) is 2. The molecule has 0 spiro atoms. The zero-order valence-electron chi connectivity index (χ0n) is 18.7. The molecular weight excluding hydrogens is 444 g/mol. The summed E-state index contributed by atoms with van der Waals surface area (Å²) in [5, 5.41) is 6.16. The van der Waals surface area contributed by atoms with Crippen LogP contribution in [-0.2, 0) is 13.0 Å². The second kappa shape index (κ2) is 9.89. The fourth-order valence-corrected chi connectivity index (χ4v) is 4.38. The van der Waals surface area contributed by atoms with Gasteiger partial charge in [0.05, 0.1) is 27.8 Å². The average molecular weight is 469 g/mol. The lowest BCUT2D eigenvalue weighted by Crippen LogP contribution is -2.30. The van der Waals surface area contributed by atoms with Crippen molar-refractivity contribution in [3.8, 4) is 5.75 Å². The normalized spacial score (nSPS) is 11.9. The Bertz CT molecular complexity index is 1360. The lowest BCUT2D eigenvalue weighted by molar-refractivity contribution is 0.0935. The molecule has 5 rings (SSSR count). The summed E-state index contributed by atoms with van der Waals surface area (Å²) in [7, 11) is 0. The fourth-order valence-electron chi connectivity index (χ4n) is 3.78. The lowest BCUT2D eigenvalue weighted by Gasteiger charge is -2.17. The van der Waals surface area contributed by atoms with Gasteiger partial charge < -0.3 is 15.0 Å². The first-order chi connectivity index (χ1) is 16.6. The molecule has 0 saturated carbocycles. The number of rotatable bonds is 8. The van der Waals surface area contributed by atoms with E-state index in [2.05, 4.69) is 27.4 Å². The molecule has 0 aliphatic carbocycles. The van der Waals surface area contributed by atoms with Crippen LogP contribution < -0.4 is 10.1 Å². The Balaban J connectivity index is 1.31. The standard InChI is InChI=1S/C27H24N4O2S/c1-18-28-21(17-34-18)16-33-22-13-11-20(12-14-22)27(32)31-25(15-19-7-3-2-4-8-19)26-29-23-9-5-6-10-24(23)30-26/h2-14,17,25H,15-16H2,1H3,(H,29,30)(H,31,32). The summed E-state index contributed by atoms with van der Waals surface area (Å²) in [4.78, 5) is 25.6. The van der Waals surface area contributed by atoms with Gasteiger partial charge in [0.25, 0.3) is 5.91 Å². The minimum absolute atomic E-state index is 0.164. The van der Waals surface area contributed by atoms with Crippen LogP contribution in [0.3, 0.4) is 0 Å². The maximum absolute atomic E-state index is 13.1. The van der Waals surface area contributed by atoms with Gasteiger partial charge in [0, 0.05) is 10.9 Å². The Hall–Kier alpha value is -3.97. The number of carbonyl (C=O) groups is 1. The molecule has 5 aromatic rings. The van der Waals surface area contributed by atoms with E-state index in [1.807, 2.05) is 66.9 Å². The smallest absolute Gasteiger partial charge is 0.251 e. The van der Waals surface area contributed by atoms with Gasteiger partial charge in [-0.25, -0.2) is 9.97 Å². The number of fused-ring (bicyclic) bond motifs is 1. The van der Waals surface area contributed by atoms with Crippen LogP contribution in [0.15, 0.2) is 84.2 Å². The number of benzene rings is 3.